The minimum Gasteiger partial charge on any atom is -0.481 e. The number of hydrogen-bond donors (Lipinski definition) is 2. The Bertz CT molecular complexity index is 677. The fraction of sp³-hybridized carbons (Fsp3) is 0.524. The van der Waals surface area contributed by atoms with Crippen LogP contribution in [0.5, 0.6) is 0 Å². The number of amides is 2. The fourth-order valence-electron chi connectivity index (χ4n) is 2.76. The summed E-state index contributed by atoms with van der Waals surface area (Å²) in [4.78, 5) is 49.6. The van der Waals surface area contributed by atoms with Crippen LogP contribution in [0.2, 0.25) is 0 Å². The monoisotopic (exact) mass is 406 g/mol. The van der Waals surface area contributed by atoms with Crippen LogP contribution in [0.3, 0.4) is 0 Å². The number of aliphatic carboxylic acids is 1. The molecule has 8 heteroatoms. The molecule has 0 spiro atoms. The Hall–Kier alpha value is -2.90. The van der Waals surface area contributed by atoms with Gasteiger partial charge in [0.25, 0.3) is 0 Å². The molecule has 2 N–H and O–H groups in total. The zero-order chi connectivity index (χ0) is 21.6. The van der Waals surface area contributed by atoms with Gasteiger partial charge in [0.15, 0.2) is 0 Å². The Kier molecular flexibility index (Phi) is 11.1. The predicted molar refractivity (Wildman–Crippen MR) is 107 cm³/mol. The third-order valence-corrected chi connectivity index (χ3v) is 4.20. The maximum absolute atomic E-state index is 12.9. The van der Waals surface area contributed by atoms with Crippen LogP contribution in [-0.2, 0) is 30.3 Å². The van der Waals surface area contributed by atoms with E-state index in [9.17, 15) is 24.3 Å². The highest BCUT2D eigenvalue weighted by Gasteiger charge is 2.28. The fourth-order valence-corrected chi connectivity index (χ4v) is 2.76. The third kappa shape index (κ3) is 9.73. The van der Waals surface area contributed by atoms with Gasteiger partial charge < -0.3 is 20.1 Å². The first-order valence-corrected chi connectivity index (χ1v) is 9.86. The first-order valence-electron chi connectivity index (χ1n) is 9.86. The maximum Gasteiger partial charge on any atom is 0.307 e. The number of ether oxygens (including phenoxy) is 1. The first-order chi connectivity index (χ1) is 13.9. The van der Waals surface area contributed by atoms with Crippen molar-refractivity contribution in [3.05, 3.63) is 35.9 Å². The van der Waals surface area contributed by atoms with Crippen molar-refractivity contribution >= 4 is 23.8 Å². The minimum absolute atomic E-state index is 0.0149. The molecule has 0 saturated heterocycles. The third-order valence-electron chi connectivity index (χ3n) is 4.20. The van der Waals surface area contributed by atoms with E-state index in [0.29, 0.717) is 13.0 Å². The van der Waals surface area contributed by atoms with Crippen LogP contribution < -0.4 is 5.32 Å². The van der Waals surface area contributed by atoms with E-state index in [-0.39, 0.29) is 26.0 Å². The highest BCUT2D eigenvalue weighted by Crippen LogP contribution is 2.07. The van der Waals surface area contributed by atoms with Gasteiger partial charge in [0.05, 0.1) is 25.9 Å². The van der Waals surface area contributed by atoms with E-state index in [1.807, 2.05) is 13.0 Å². The van der Waals surface area contributed by atoms with E-state index in [1.54, 1.807) is 31.2 Å². The lowest BCUT2D eigenvalue weighted by molar-refractivity contribution is -0.147. The summed E-state index contributed by atoms with van der Waals surface area (Å²) >= 11 is 0. The number of nitrogens with one attached hydrogen (secondary N) is 1. The van der Waals surface area contributed by atoms with E-state index in [2.05, 4.69) is 5.32 Å². The Morgan fingerprint density at radius 1 is 1.10 bits per heavy atom. The lowest BCUT2D eigenvalue weighted by Crippen LogP contribution is -2.50. The van der Waals surface area contributed by atoms with Crippen LogP contribution in [0.25, 0.3) is 0 Å². The summed E-state index contributed by atoms with van der Waals surface area (Å²) in [5, 5.41) is 11.7. The number of unbranched alkanes of at least 4 members (excludes halogenated alkanes) is 1. The predicted octanol–water partition coefficient (Wildman–Crippen LogP) is 1.77. The molecule has 0 unspecified atom stereocenters. The van der Waals surface area contributed by atoms with Crippen LogP contribution >= 0.6 is 0 Å². The molecule has 1 aromatic carbocycles. The summed E-state index contributed by atoms with van der Waals surface area (Å²) in [6.45, 7) is 4.40. The van der Waals surface area contributed by atoms with Crippen molar-refractivity contribution in [3.63, 3.8) is 0 Å². The van der Waals surface area contributed by atoms with Crippen LogP contribution in [0.15, 0.2) is 30.3 Å². The van der Waals surface area contributed by atoms with E-state index in [1.165, 1.54) is 4.90 Å². The molecule has 0 saturated carbocycles. The second-order valence-corrected chi connectivity index (χ2v) is 6.61. The van der Waals surface area contributed by atoms with Gasteiger partial charge in [0.1, 0.15) is 6.04 Å². The van der Waals surface area contributed by atoms with E-state index < -0.39 is 36.2 Å². The van der Waals surface area contributed by atoms with Gasteiger partial charge in [0, 0.05) is 13.1 Å². The summed E-state index contributed by atoms with van der Waals surface area (Å²) in [7, 11) is 0. The molecule has 1 rings (SSSR count). The molecule has 0 aromatic heterocycles. The lowest BCUT2D eigenvalue weighted by atomic mass is 10.1. The zero-order valence-electron chi connectivity index (χ0n) is 17.1. The minimum atomic E-state index is -1.19. The van der Waals surface area contributed by atoms with Gasteiger partial charge in [-0.3, -0.25) is 19.2 Å². The Balaban J connectivity index is 2.83. The van der Waals surface area contributed by atoms with E-state index in [0.717, 1.165) is 12.0 Å². The quantitative estimate of drug-likeness (QED) is 0.483. The van der Waals surface area contributed by atoms with Gasteiger partial charge in [-0.15, -0.1) is 0 Å². The molecular formula is C21H30N2O6. The molecule has 0 aliphatic carbocycles. The van der Waals surface area contributed by atoms with E-state index in [4.69, 9.17) is 4.74 Å². The largest absolute Gasteiger partial charge is 0.481 e. The highest BCUT2D eigenvalue weighted by atomic mass is 16.5. The summed E-state index contributed by atoms with van der Waals surface area (Å²) in [6.07, 6.45) is 1.06. The van der Waals surface area contributed by atoms with Gasteiger partial charge in [-0.25, -0.2) is 0 Å². The topological polar surface area (TPSA) is 113 Å². The van der Waals surface area contributed by atoms with Gasteiger partial charge in [-0.1, -0.05) is 43.7 Å². The summed E-state index contributed by atoms with van der Waals surface area (Å²) in [6, 6.07) is 7.78. The van der Waals surface area contributed by atoms with E-state index >= 15 is 0 Å². The van der Waals surface area contributed by atoms with Crippen molar-refractivity contribution in [2.75, 3.05) is 19.7 Å². The van der Waals surface area contributed by atoms with Crippen molar-refractivity contribution in [3.8, 4) is 0 Å². The number of esters is 1. The normalized spacial score (nSPS) is 11.4. The number of carboxylic acids is 1. The Morgan fingerprint density at radius 2 is 1.79 bits per heavy atom. The number of nitrogens with zero attached hydrogens (tertiary/aromatic N) is 1. The Morgan fingerprint density at radius 3 is 2.38 bits per heavy atom. The second kappa shape index (κ2) is 13.3. The number of carbonyl (C=O) groups is 4. The van der Waals surface area contributed by atoms with Gasteiger partial charge in [0.2, 0.25) is 11.8 Å². The molecule has 0 heterocycles. The van der Waals surface area contributed by atoms with Crippen LogP contribution in [0.4, 0.5) is 0 Å². The smallest absolute Gasteiger partial charge is 0.307 e. The highest BCUT2D eigenvalue weighted by molar-refractivity contribution is 5.91. The van der Waals surface area contributed by atoms with Crippen molar-refractivity contribution < 1.29 is 29.0 Å². The number of rotatable bonds is 13. The molecule has 0 aliphatic rings. The van der Waals surface area contributed by atoms with Crippen molar-refractivity contribution in [2.45, 2.75) is 52.0 Å². The number of carbonyl (C=O) groups excluding carboxylic acids is 3. The molecule has 0 fully saturated rings. The molecule has 1 aromatic rings. The summed E-state index contributed by atoms with van der Waals surface area (Å²) < 4.78 is 4.89. The first kappa shape index (κ1) is 24.1. The number of hydrogen-bond acceptors (Lipinski definition) is 5. The van der Waals surface area contributed by atoms with Crippen LogP contribution in [-0.4, -0.2) is 59.5 Å². The molecule has 2 amide bonds. The summed E-state index contributed by atoms with van der Waals surface area (Å²) in [5.74, 6) is -2.56. The standard InChI is InChI=1S/C21H30N2O6/c1-3-5-12-23(13-11-20(27)29-4-2)21(28)17(15-19(25)26)22-18(24)14-16-9-7-6-8-10-16/h6-10,17H,3-5,11-15H2,1-2H3,(H,22,24)(H,25,26)/t17-/m0/s1. The number of carboxylic acid groups (broad SMARTS) is 1. The molecule has 1 atom stereocenters. The molecule has 0 bridgehead atoms. The number of benzene rings is 1. The van der Waals surface area contributed by atoms with Gasteiger partial charge in [-0.2, -0.15) is 0 Å². The lowest BCUT2D eigenvalue weighted by Gasteiger charge is -2.27. The summed E-state index contributed by atoms with van der Waals surface area (Å²) in [5.41, 5.74) is 0.761. The molecule has 8 nitrogen and oxygen atoms in total. The second-order valence-electron chi connectivity index (χ2n) is 6.61. The van der Waals surface area contributed by atoms with Crippen molar-refractivity contribution in [1.82, 2.24) is 10.2 Å². The zero-order valence-corrected chi connectivity index (χ0v) is 17.1. The molecular weight excluding hydrogens is 376 g/mol. The van der Waals surface area contributed by atoms with Crippen LogP contribution in [0, 0.1) is 0 Å². The molecule has 0 aliphatic heterocycles. The molecule has 0 radical (unpaired) electrons. The van der Waals surface area contributed by atoms with Crippen molar-refractivity contribution in [1.29, 1.82) is 0 Å². The SMILES string of the molecule is CCCCN(CCC(=O)OCC)C(=O)[C@H](CC(=O)O)NC(=O)Cc1ccccc1. The maximum atomic E-state index is 12.9. The van der Waals surface area contributed by atoms with Gasteiger partial charge in [-0.05, 0) is 18.9 Å². The van der Waals surface area contributed by atoms with Crippen molar-refractivity contribution in [2.24, 2.45) is 0 Å². The average molecular weight is 406 g/mol. The average Bonchev–Trinajstić information content (AvgIpc) is 2.67. The molecule has 29 heavy (non-hydrogen) atoms. The van der Waals surface area contributed by atoms with Crippen LogP contribution in [0.1, 0.15) is 45.1 Å². The Labute approximate surface area is 171 Å². The van der Waals surface area contributed by atoms with Gasteiger partial charge >= 0.3 is 11.9 Å². The molecule has 160 valence electrons.